The lowest BCUT2D eigenvalue weighted by Gasteiger charge is -2.34. The first-order chi connectivity index (χ1) is 9.83. The lowest BCUT2D eigenvalue weighted by molar-refractivity contribution is -0.127. The Morgan fingerprint density at radius 3 is 2.85 bits per heavy atom. The van der Waals surface area contributed by atoms with Crippen LogP contribution in [-0.4, -0.2) is 16.3 Å². The predicted octanol–water partition coefficient (Wildman–Crippen LogP) is 2.32. The quantitative estimate of drug-likeness (QED) is 0.832. The number of hydrogen-bond donors (Lipinski definition) is 2. The summed E-state index contributed by atoms with van der Waals surface area (Å²) in [4.78, 5) is 18.0. The second-order valence-electron chi connectivity index (χ2n) is 5.56. The van der Waals surface area contributed by atoms with E-state index in [1.54, 1.807) is 12.4 Å². The number of pyridine rings is 1. The molecular formula is C15H17N3OS. The van der Waals surface area contributed by atoms with Crippen molar-refractivity contribution in [2.75, 3.05) is 0 Å². The minimum absolute atomic E-state index is 0.0355. The number of amides is 1. The van der Waals surface area contributed by atoms with Crippen molar-refractivity contribution in [3.05, 3.63) is 40.6 Å². The van der Waals surface area contributed by atoms with Crippen molar-refractivity contribution in [2.24, 2.45) is 5.92 Å². The van der Waals surface area contributed by atoms with Gasteiger partial charge >= 0.3 is 0 Å². The first-order valence-electron chi connectivity index (χ1n) is 7.18. The number of allylic oxidation sites excluding steroid dienone is 1. The highest BCUT2D eigenvalue weighted by Crippen LogP contribution is 2.49. The molecule has 104 valence electrons. The van der Waals surface area contributed by atoms with Crippen molar-refractivity contribution >= 4 is 17.7 Å². The first kappa shape index (κ1) is 12.4. The Hall–Kier alpha value is -1.33. The topological polar surface area (TPSA) is 54.0 Å². The Labute approximate surface area is 122 Å². The molecule has 1 fully saturated rings. The standard InChI is InChI=1S/C15H17N3OS/c19-14-12-10-3-1-2-4-11(10)20-15(12)18-13(17-14)9-5-7-16-8-6-9/h5-8,12-13,15,18H,1-4H2,(H,17,19). The van der Waals surface area contributed by atoms with E-state index in [0.717, 1.165) is 18.4 Å². The predicted molar refractivity (Wildman–Crippen MR) is 78.6 cm³/mol. The van der Waals surface area contributed by atoms with Gasteiger partial charge in [-0.2, -0.15) is 0 Å². The van der Waals surface area contributed by atoms with Crippen molar-refractivity contribution in [3.63, 3.8) is 0 Å². The van der Waals surface area contributed by atoms with Crippen LogP contribution in [0, 0.1) is 5.92 Å². The average molecular weight is 287 g/mol. The van der Waals surface area contributed by atoms with Crippen LogP contribution in [0.2, 0.25) is 0 Å². The molecule has 0 saturated carbocycles. The molecule has 5 heteroatoms. The van der Waals surface area contributed by atoms with E-state index in [2.05, 4.69) is 15.6 Å². The maximum Gasteiger partial charge on any atom is 0.231 e. The number of nitrogens with zero attached hydrogens (tertiary/aromatic N) is 1. The zero-order chi connectivity index (χ0) is 13.5. The molecule has 1 amide bonds. The van der Waals surface area contributed by atoms with Gasteiger partial charge in [0.1, 0.15) is 6.17 Å². The van der Waals surface area contributed by atoms with E-state index in [4.69, 9.17) is 0 Å². The third-order valence-corrected chi connectivity index (χ3v) is 5.76. The zero-order valence-corrected chi connectivity index (χ0v) is 12.0. The van der Waals surface area contributed by atoms with Crippen LogP contribution >= 0.6 is 11.8 Å². The smallest absolute Gasteiger partial charge is 0.231 e. The molecule has 1 aromatic heterocycles. The van der Waals surface area contributed by atoms with Gasteiger partial charge in [-0.25, -0.2) is 0 Å². The molecule has 4 nitrogen and oxygen atoms in total. The van der Waals surface area contributed by atoms with Gasteiger partial charge in [-0.3, -0.25) is 15.1 Å². The Morgan fingerprint density at radius 2 is 2.00 bits per heavy atom. The first-order valence-corrected chi connectivity index (χ1v) is 8.06. The van der Waals surface area contributed by atoms with Gasteiger partial charge in [0.2, 0.25) is 5.91 Å². The maximum atomic E-state index is 12.5. The molecule has 1 aliphatic carbocycles. The fourth-order valence-corrected chi connectivity index (χ4v) is 4.95. The molecule has 1 aromatic rings. The van der Waals surface area contributed by atoms with Crippen LogP contribution in [0.25, 0.3) is 0 Å². The molecule has 0 bridgehead atoms. The molecule has 3 atom stereocenters. The van der Waals surface area contributed by atoms with Crippen molar-refractivity contribution in [3.8, 4) is 0 Å². The number of hydrogen-bond acceptors (Lipinski definition) is 4. The number of carbonyl (C=O) groups is 1. The summed E-state index contributed by atoms with van der Waals surface area (Å²) in [5.74, 6) is 0.211. The number of aromatic nitrogens is 1. The Morgan fingerprint density at radius 1 is 1.20 bits per heavy atom. The van der Waals surface area contributed by atoms with Crippen molar-refractivity contribution in [1.29, 1.82) is 0 Å². The average Bonchev–Trinajstić information content (AvgIpc) is 2.87. The van der Waals surface area contributed by atoms with E-state index in [1.165, 1.54) is 23.3 Å². The lowest BCUT2D eigenvalue weighted by Crippen LogP contribution is -2.54. The number of carbonyl (C=O) groups excluding carboxylic acids is 1. The Kier molecular flexibility index (Phi) is 3.04. The molecule has 4 rings (SSSR count). The van der Waals surface area contributed by atoms with Crippen LogP contribution in [0.5, 0.6) is 0 Å². The highest BCUT2D eigenvalue weighted by Gasteiger charge is 2.45. The fourth-order valence-electron chi connectivity index (χ4n) is 3.37. The molecule has 20 heavy (non-hydrogen) atoms. The number of rotatable bonds is 1. The van der Waals surface area contributed by atoms with Crippen LogP contribution in [0.4, 0.5) is 0 Å². The molecular weight excluding hydrogens is 270 g/mol. The zero-order valence-electron chi connectivity index (χ0n) is 11.1. The normalized spacial score (nSPS) is 32.6. The van der Waals surface area contributed by atoms with Gasteiger partial charge in [-0.15, -0.1) is 11.8 Å². The third-order valence-electron chi connectivity index (χ3n) is 4.34. The number of fused-ring (bicyclic) bond motifs is 2. The van der Waals surface area contributed by atoms with Gasteiger partial charge in [-0.05, 0) is 53.9 Å². The summed E-state index contributed by atoms with van der Waals surface area (Å²) in [5, 5.41) is 6.89. The molecule has 3 aliphatic rings. The largest absolute Gasteiger partial charge is 0.336 e. The molecule has 0 aromatic carbocycles. The SMILES string of the molecule is O=C1NC(c2ccncc2)NC2SC3=C(CCCC3)C12. The molecule has 0 spiro atoms. The van der Waals surface area contributed by atoms with E-state index in [1.807, 2.05) is 23.9 Å². The van der Waals surface area contributed by atoms with Gasteiger partial charge in [-0.1, -0.05) is 0 Å². The van der Waals surface area contributed by atoms with E-state index in [0.29, 0.717) is 0 Å². The summed E-state index contributed by atoms with van der Waals surface area (Å²) in [6, 6.07) is 3.90. The minimum Gasteiger partial charge on any atom is -0.336 e. The highest BCUT2D eigenvalue weighted by molar-refractivity contribution is 8.04. The monoisotopic (exact) mass is 287 g/mol. The molecule has 3 unspecified atom stereocenters. The number of thioether (sulfide) groups is 1. The maximum absolute atomic E-state index is 12.5. The molecule has 0 radical (unpaired) electrons. The molecule has 3 heterocycles. The van der Waals surface area contributed by atoms with E-state index in [-0.39, 0.29) is 23.4 Å². The lowest BCUT2D eigenvalue weighted by atomic mass is 9.87. The minimum atomic E-state index is -0.0967. The van der Waals surface area contributed by atoms with Gasteiger partial charge in [0.25, 0.3) is 0 Å². The van der Waals surface area contributed by atoms with Crippen molar-refractivity contribution in [1.82, 2.24) is 15.6 Å². The second kappa shape index (κ2) is 4.90. The van der Waals surface area contributed by atoms with Gasteiger partial charge in [0.05, 0.1) is 11.3 Å². The molecule has 2 aliphatic heterocycles. The van der Waals surface area contributed by atoms with Gasteiger partial charge in [0, 0.05) is 12.4 Å². The summed E-state index contributed by atoms with van der Waals surface area (Å²) in [6.45, 7) is 0. The van der Waals surface area contributed by atoms with Crippen molar-refractivity contribution < 1.29 is 4.79 Å². The second-order valence-corrected chi connectivity index (χ2v) is 6.80. The van der Waals surface area contributed by atoms with Crippen LogP contribution < -0.4 is 10.6 Å². The molecule has 2 N–H and O–H groups in total. The Balaban J connectivity index is 1.59. The van der Waals surface area contributed by atoms with Crippen LogP contribution in [0.3, 0.4) is 0 Å². The van der Waals surface area contributed by atoms with Crippen LogP contribution in [0.1, 0.15) is 37.4 Å². The fraction of sp³-hybridized carbons (Fsp3) is 0.467. The van der Waals surface area contributed by atoms with Gasteiger partial charge < -0.3 is 5.32 Å². The van der Waals surface area contributed by atoms with E-state index < -0.39 is 0 Å². The highest BCUT2D eigenvalue weighted by atomic mass is 32.2. The summed E-state index contributed by atoms with van der Waals surface area (Å²) >= 11 is 1.87. The van der Waals surface area contributed by atoms with E-state index in [9.17, 15) is 4.79 Å². The van der Waals surface area contributed by atoms with Gasteiger partial charge in [0.15, 0.2) is 0 Å². The third kappa shape index (κ3) is 1.96. The summed E-state index contributed by atoms with van der Waals surface area (Å²) in [6.07, 6.45) is 8.17. The van der Waals surface area contributed by atoms with Crippen LogP contribution in [0.15, 0.2) is 35.0 Å². The number of nitrogens with one attached hydrogen (secondary N) is 2. The Bertz CT molecular complexity index is 572. The summed E-state index contributed by atoms with van der Waals surface area (Å²) in [5.41, 5.74) is 2.46. The summed E-state index contributed by atoms with van der Waals surface area (Å²) in [7, 11) is 0. The van der Waals surface area contributed by atoms with E-state index >= 15 is 0 Å². The van der Waals surface area contributed by atoms with Crippen LogP contribution in [-0.2, 0) is 4.79 Å². The molecule has 1 saturated heterocycles. The van der Waals surface area contributed by atoms with Crippen molar-refractivity contribution in [2.45, 2.75) is 37.2 Å². The summed E-state index contributed by atoms with van der Waals surface area (Å²) < 4.78 is 0.